The Balaban J connectivity index is 0.00000320. The standard InChI is InChI=1S/C22H32N3O4.HI/c1-6-21-23(5)19-12-16(25(27)28)8-10-18(19)24(21)13-22(26)29-20-11-15(4)7-9-17(20)14(2)3;/h8,10,12,14-15,17,20H,6-7,9,11,13H2,1-5H3;1H/q+1;/p-1/t15-,17+,20?;/m1./s1. The molecule has 8 heteroatoms. The third-order valence-electron chi connectivity index (χ3n) is 6.37. The number of carbonyl (C=O) groups is 1. The number of hydrogen-bond acceptors (Lipinski definition) is 4. The van der Waals surface area contributed by atoms with E-state index < -0.39 is 4.92 Å². The van der Waals surface area contributed by atoms with Gasteiger partial charge in [-0.1, -0.05) is 34.1 Å². The van der Waals surface area contributed by atoms with Crippen LogP contribution in [0.1, 0.15) is 52.8 Å². The zero-order valence-electron chi connectivity index (χ0n) is 18.4. The number of aromatic nitrogens is 2. The summed E-state index contributed by atoms with van der Waals surface area (Å²) in [6.45, 7) is 8.75. The van der Waals surface area contributed by atoms with Gasteiger partial charge >= 0.3 is 5.97 Å². The third-order valence-corrected chi connectivity index (χ3v) is 6.37. The first-order valence-corrected chi connectivity index (χ1v) is 10.6. The van der Waals surface area contributed by atoms with Crippen molar-refractivity contribution in [3.8, 4) is 0 Å². The van der Waals surface area contributed by atoms with E-state index in [0.717, 1.165) is 29.7 Å². The Labute approximate surface area is 195 Å². The van der Waals surface area contributed by atoms with Crippen LogP contribution in [0.15, 0.2) is 18.2 Å². The Bertz CT molecular complexity index is 925. The Morgan fingerprint density at radius 1 is 1.37 bits per heavy atom. The number of hydrogen-bond donors (Lipinski definition) is 0. The van der Waals surface area contributed by atoms with Gasteiger partial charge in [0.25, 0.3) is 11.5 Å². The molecule has 0 aliphatic heterocycles. The van der Waals surface area contributed by atoms with Crippen molar-refractivity contribution in [1.29, 1.82) is 0 Å². The average Bonchev–Trinajstić information content (AvgIpc) is 2.92. The quantitative estimate of drug-likeness (QED) is 0.184. The van der Waals surface area contributed by atoms with Gasteiger partial charge in [-0.05, 0) is 36.7 Å². The molecule has 3 atom stereocenters. The lowest BCUT2D eigenvalue weighted by Gasteiger charge is -2.36. The molecule has 1 aliphatic carbocycles. The van der Waals surface area contributed by atoms with E-state index in [9.17, 15) is 14.9 Å². The van der Waals surface area contributed by atoms with Gasteiger partial charge < -0.3 is 28.7 Å². The number of aryl methyl sites for hydroxylation is 1. The summed E-state index contributed by atoms with van der Waals surface area (Å²) in [5, 5.41) is 11.1. The summed E-state index contributed by atoms with van der Waals surface area (Å²) < 4.78 is 9.84. The molecule has 0 radical (unpaired) electrons. The summed E-state index contributed by atoms with van der Waals surface area (Å²) in [5.74, 6) is 2.16. The number of esters is 1. The molecule has 1 aromatic carbocycles. The lowest BCUT2D eigenvalue weighted by Crippen LogP contribution is -3.00. The number of nitro groups is 1. The van der Waals surface area contributed by atoms with E-state index >= 15 is 0 Å². The average molecular weight is 529 g/mol. The van der Waals surface area contributed by atoms with Crippen LogP contribution in [0.4, 0.5) is 5.69 Å². The van der Waals surface area contributed by atoms with E-state index in [1.807, 2.05) is 23.1 Å². The summed E-state index contributed by atoms with van der Waals surface area (Å²) >= 11 is 0. The molecule has 3 rings (SSSR count). The minimum Gasteiger partial charge on any atom is -1.00 e. The van der Waals surface area contributed by atoms with Crippen LogP contribution in [0, 0.1) is 27.9 Å². The van der Waals surface area contributed by atoms with Crippen LogP contribution in [0.2, 0.25) is 0 Å². The molecule has 30 heavy (non-hydrogen) atoms. The van der Waals surface area contributed by atoms with Crippen LogP contribution in [0.5, 0.6) is 0 Å². The van der Waals surface area contributed by atoms with E-state index in [4.69, 9.17) is 4.74 Å². The first-order valence-electron chi connectivity index (χ1n) is 10.6. The van der Waals surface area contributed by atoms with Crippen LogP contribution in [0.3, 0.4) is 0 Å². The van der Waals surface area contributed by atoms with Crippen LogP contribution < -0.4 is 28.5 Å². The zero-order chi connectivity index (χ0) is 21.3. The molecular formula is C22H32IN3O4. The highest BCUT2D eigenvalue weighted by atomic mass is 127. The van der Waals surface area contributed by atoms with Gasteiger partial charge in [0.05, 0.1) is 18.0 Å². The predicted molar refractivity (Wildman–Crippen MR) is 110 cm³/mol. The van der Waals surface area contributed by atoms with Gasteiger partial charge in [-0.2, -0.15) is 0 Å². The second kappa shape index (κ2) is 10.1. The number of carbonyl (C=O) groups excluding carboxylic acids is 1. The highest BCUT2D eigenvalue weighted by Gasteiger charge is 2.34. The van der Waals surface area contributed by atoms with Gasteiger partial charge in [0.1, 0.15) is 6.10 Å². The third kappa shape index (κ3) is 4.95. The molecule has 166 valence electrons. The maximum absolute atomic E-state index is 12.9. The summed E-state index contributed by atoms with van der Waals surface area (Å²) in [6, 6.07) is 4.77. The van der Waals surface area contributed by atoms with Crippen molar-refractivity contribution < 1.29 is 43.0 Å². The summed E-state index contributed by atoms with van der Waals surface area (Å²) in [6.07, 6.45) is 3.88. The Hall–Kier alpha value is -1.71. The fourth-order valence-electron chi connectivity index (χ4n) is 4.77. The van der Waals surface area contributed by atoms with Crippen LogP contribution >= 0.6 is 0 Å². The van der Waals surface area contributed by atoms with Gasteiger partial charge in [0.15, 0.2) is 17.6 Å². The Kier molecular flexibility index (Phi) is 8.24. The molecule has 1 aromatic heterocycles. The lowest BCUT2D eigenvalue weighted by atomic mass is 9.75. The molecule has 0 bridgehead atoms. The van der Waals surface area contributed by atoms with Gasteiger partial charge in [-0.3, -0.25) is 10.1 Å². The smallest absolute Gasteiger partial charge is 0.348 e. The fraction of sp³-hybridized carbons (Fsp3) is 0.636. The normalized spacial score (nSPS) is 21.5. The summed E-state index contributed by atoms with van der Waals surface area (Å²) in [4.78, 5) is 23.6. The van der Waals surface area contributed by atoms with Gasteiger partial charge in [0, 0.05) is 12.5 Å². The van der Waals surface area contributed by atoms with Crippen molar-refractivity contribution >= 4 is 22.7 Å². The van der Waals surface area contributed by atoms with E-state index in [2.05, 4.69) is 20.8 Å². The zero-order valence-corrected chi connectivity index (χ0v) is 20.6. The van der Waals surface area contributed by atoms with Crippen molar-refractivity contribution in [2.24, 2.45) is 24.8 Å². The number of nitrogens with zero attached hydrogens (tertiary/aromatic N) is 3. The van der Waals surface area contributed by atoms with Crippen LogP contribution in [0.25, 0.3) is 11.0 Å². The van der Waals surface area contributed by atoms with Crippen molar-refractivity contribution in [2.75, 3.05) is 0 Å². The van der Waals surface area contributed by atoms with Gasteiger partial charge in [-0.15, -0.1) is 0 Å². The van der Waals surface area contributed by atoms with Crippen LogP contribution in [-0.2, 0) is 29.5 Å². The molecule has 0 saturated heterocycles. The first kappa shape index (κ1) is 24.6. The monoisotopic (exact) mass is 529 g/mol. The molecule has 1 aliphatic rings. The molecular weight excluding hydrogens is 497 g/mol. The predicted octanol–water partition coefficient (Wildman–Crippen LogP) is 0.944. The van der Waals surface area contributed by atoms with Gasteiger partial charge in [-0.25, -0.2) is 13.9 Å². The molecule has 1 unspecified atom stereocenters. The van der Waals surface area contributed by atoms with E-state index in [0.29, 0.717) is 24.2 Å². The molecule has 0 spiro atoms. The van der Waals surface area contributed by atoms with E-state index in [1.165, 1.54) is 12.5 Å². The molecule has 1 fully saturated rings. The fourth-order valence-corrected chi connectivity index (χ4v) is 4.77. The molecule has 0 N–H and O–H groups in total. The van der Waals surface area contributed by atoms with Crippen molar-refractivity contribution in [3.63, 3.8) is 0 Å². The van der Waals surface area contributed by atoms with Gasteiger partial charge in [0.2, 0.25) is 0 Å². The maximum atomic E-state index is 12.9. The highest BCUT2D eigenvalue weighted by molar-refractivity contribution is 5.76. The molecule has 7 nitrogen and oxygen atoms in total. The molecule has 1 heterocycles. The van der Waals surface area contributed by atoms with Crippen molar-refractivity contribution in [3.05, 3.63) is 34.1 Å². The van der Waals surface area contributed by atoms with E-state index in [-0.39, 0.29) is 48.3 Å². The van der Waals surface area contributed by atoms with Crippen molar-refractivity contribution in [1.82, 2.24) is 4.57 Å². The highest BCUT2D eigenvalue weighted by Crippen LogP contribution is 2.35. The number of rotatable bonds is 6. The lowest BCUT2D eigenvalue weighted by molar-refractivity contribution is -0.668. The minimum atomic E-state index is -0.396. The topological polar surface area (TPSA) is 78.2 Å². The minimum absolute atomic E-state index is 0. The first-order chi connectivity index (χ1) is 13.7. The molecule has 0 amide bonds. The Morgan fingerprint density at radius 3 is 2.67 bits per heavy atom. The van der Waals surface area contributed by atoms with Crippen LogP contribution in [-0.4, -0.2) is 21.6 Å². The second-order valence-corrected chi connectivity index (χ2v) is 8.70. The van der Waals surface area contributed by atoms with E-state index in [1.54, 1.807) is 12.1 Å². The second-order valence-electron chi connectivity index (χ2n) is 8.70. The van der Waals surface area contributed by atoms with Crippen molar-refractivity contribution in [2.45, 2.75) is 66.0 Å². The number of non-ortho nitro benzene ring substituents is 1. The Morgan fingerprint density at radius 2 is 2.07 bits per heavy atom. The molecule has 2 aromatic rings. The number of imidazole rings is 1. The number of ether oxygens (including phenoxy) is 1. The maximum Gasteiger partial charge on any atom is 0.348 e. The SMILES string of the molecule is CCc1n(C)c2cc([N+](=O)[O-])ccc2[n+]1CC(=O)OC1C[C@H](C)CC[C@H]1C(C)C.[I-]. The summed E-state index contributed by atoms with van der Waals surface area (Å²) in [7, 11) is 1.88. The number of nitro benzene ring substituents is 1. The number of fused-ring (bicyclic) bond motifs is 1. The summed E-state index contributed by atoms with van der Waals surface area (Å²) in [5.41, 5.74) is 1.60. The number of benzene rings is 1. The molecule has 1 saturated carbocycles. The largest absolute Gasteiger partial charge is 1.00 e. The number of halogens is 1.